The number of rotatable bonds is 13. The predicted molar refractivity (Wildman–Crippen MR) is 194 cm³/mol. The van der Waals surface area contributed by atoms with Crippen molar-refractivity contribution in [2.45, 2.75) is 19.6 Å². The third-order valence-corrected chi connectivity index (χ3v) is 8.90. The van der Waals surface area contributed by atoms with Gasteiger partial charge in [-0.05, 0) is 71.3 Å². The molecular weight excluding hydrogens is 676 g/mol. The monoisotopic (exact) mass is 711 g/mol. The van der Waals surface area contributed by atoms with Gasteiger partial charge >= 0.3 is 0 Å². The van der Waals surface area contributed by atoms with Gasteiger partial charge in [-0.1, -0.05) is 71.7 Å². The third-order valence-electron chi connectivity index (χ3n) is 8.24. The zero-order valence-electron chi connectivity index (χ0n) is 27.3. The van der Waals surface area contributed by atoms with E-state index in [1.54, 1.807) is 54.7 Å². The molecule has 1 aliphatic rings. The van der Waals surface area contributed by atoms with E-state index >= 15 is 0 Å². The molecule has 1 aliphatic heterocycles. The van der Waals surface area contributed by atoms with Crippen LogP contribution in [-0.2, 0) is 24.4 Å². The smallest absolute Gasteiger partial charge is 0.246 e. The first-order valence-electron chi connectivity index (χ1n) is 16.3. The zero-order valence-corrected chi connectivity index (χ0v) is 28.8. The van der Waals surface area contributed by atoms with Crippen LogP contribution in [0.15, 0.2) is 115 Å². The van der Waals surface area contributed by atoms with Crippen LogP contribution in [0.5, 0.6) is 23.1 Å². The van der Waals surface area contributed by atoms with E-state index in [9.17, 15) is 9.18 Å². The average Bonchev–Trinajstić information content (AvgIpc) is 3.14. The summed E-state index contributed by atoms with van der Waals surface area (Å²) in [5.41, 5.74) is 4.08. The number of hydrogen-bond acceptors (Lipinski definition) is 6. The van der Waals surface area contributed by atoms with E-state index < -0.39 is 0 Å². The van der Waals surface area contributed by atoms with E-state index in [1.807, 2.05) is 35.2 Å². The SMILES string of the molecule is O=C(C=Cc1ccc(Oc2ccc(OCc3ccccc3Cl)cn2)c(Cl)c1)N1CCN(Cc2ccc(CCOc3ccc(F)cc3)cc2)CC1. The fraction of sp³-hybridized carbons (Fsp3) is 0.200. The molecule has 1 saturated heterocycles. The molecule has 1 aromatic heterocycles. The highest BCUT2D eigenvalue weighted by atomic mass is 35.5. The van der Waals surface area contributed by atoms with Crippen molar-refractivity contribution >= 4 is 35.2 Å². The van der Waals surface area contributed by atoms with Gasteiger partial charge in [-0.2, -0.15) is 0 Å². The number of hydrogen-bond donors (Lipinski definition) is 0. The summed E-state index contributed by atoms with van der Waals surface area (Å²) in [6, 6.07) is 30.9. The molecule has 2 heterocycles. The summed E-state index contributed by atoms with van der Waals surface area (Å²) in [6.45, 7) is 4.60. The topological polar surface area (TPSA) is 64.1 Å². The fourth-order valence-electron chi connectivity index (χ4n) is 5.39. The van der Waals surface area contributed by atoms with Crippen molar-refractivity contribution < 1.29 is 23.4 Å². The lowest BCUT2D eigenvalue weighted by atomic mass is 10.1. The lowest BCUT2D eigenvalue weighted by Crippen LogP contribution is -2.47. The summed E-state index contributed by atoms with van der Waals surface area (Å²) in [5.74, 6) is 1.77. The van der Waals surface area contributed by atoms with Crippen LogP contribution in [-0.4, -0.2) is 53.5 Å². The van der Waals surface area contributed by atoms with Gasteiger partial charge in [-0.25, -0.2) is 9.37 Å². The molecule has 1 fully saturated rings. The maximum absolute atomic E-state index is 13.1. The maximum atomic E-state index is 13.1. The lowest BCUT2D eigenvalue weighted by molar-refractivity contribution is -0.127. The number of aromatic nitrogens is 1. The van der Waals surface area contributed by atoms with Gasteiger partial charge < -0.3 is 19.1 Å². The Labute approximate surface area is 301 Å². The first-order valence-corrected chi connectivity index (χ1v) is 17.1. The van der Waals surface area contributed by atoms with Crippen LogP contribution in [0.2, 0.25) is 10.0 Å². The molecule has 6 rings (SSSR count). The normalized spacial score (nSPS) is 13.4. The standard InChI is InChI=1S/C40H36Cl2FN3O4/c41-36-4-2-1-3-32(36)28-49-35-15-17-39(44-26-35)50-38-16-9-30(25-37(38)42)10-18-40(47)46-22-20-45(21-23-46)27-31-7-5-29(6-8-31)19-24-48-34-13-11-33(43)12-14-34/h1-18,25-26H,19-24,27-28H2. The molecule has 0 radical (unpaired) electrons. The molecule has 0 atom stereocenters. The van der Waals surface area contributed by atoms with Crippen molar-refractivity contribution in [2.75, 3.05) is 32.8 Å². The lowest BCUT2D eigenvalue weighted by Gasteiger charge is -2.34. The molecule has 7 nitrogen and oxygen atoms in total. The molecule has 50 heavy (non-hydrogen) atoms. The highest BCUT2D eigenvalue weighted by molar-refractivity contribution is 6.32. The van der Waals surface area contributed by atoms with Crippen LogP contribution in [0.3, 0.4) is 0 Å². The van der Waals surface area contributed by atoms with Crippen LogP contribution >= 0.6 is 23.2 Å². The molecule has 0 N–H and O–H groups in total. The minimum Gasteiger partial charge on any atom is -0.493 e. The maximum Gasteiger partial charge on any atom is 0.246 e. The molecular formula is C40H36Cl2FN3O4. The van der Waals surface area contributed by atoms with Gasteiger partial charge in [0.05, 0.1) is 17.8 Å². The molecule has 0 unspecified atom stereocenters. The average molecular weight is 713 g/mol. The van der Waals surface area contributed by atoms with E-state index in [0.717, 1.165) is 37.2 Å². The van der Waals surface area contributed by atoms with E-state index in [2.05, 4.69) is 34.1 Å². The van der Waals surface area contributed by atoms with Gasteiger partial charge in [-0.15, -0.1) is 0 Å². The second kappa shape index (κ2) is 17.2. The molecule has 5 aromatic rings. The number of ether oxygens (including phenoxy) is 3. The first kappa shape index (κ1) is 35.0. The fourth-order valence-corrected chi connectivity index (χ4v) is 5.81. The van der Waals surface area contributed by atoms with Gasteiger partial charge in [0.1, 0.15) is 29.7 Å². The Bertz CT molecular complexity index is 1900. The Morgan fingerprint density at radius 3 is 2.26 bits per heavy atom. The number of benzene rings is 4. The largest absolute Gasteiger partial charge is 0.493 e. The predicted octanol–water partition coefficient (Wildman–Crippen LogP) is 8.88. The number of piperazine rings is 1. The number of carbonyl (C=O) groups excluding carboxylic acids is 1. The Hall–Kier alpha value is -4.89. The number of nitrogens with zero attached hydrogens (tertiary/aromatic N) is 3. The van der Waals surface area contributed by atoms with Gasteiger partial charge in [0, 0.05) is 61.9 Å². The summed E-state index contributed by atoms with van der Waals surface area (Å²) in [5, 5.41) is 1.05. The summed E-state index contributed by atoms with van der Waals surface area (Å²) in [6.07, 6.45) is 5.70. The van der Waals surface area contributed by atoms with E-state index in [-0.39, 0.29) is 11.7 Å². The summed E-state index contributed by atoms with van der Waals surface area (Å²) >= 11 is 12.7. The van der Waals surface area contributed by atoms with E-state index in [1.165, 1.54) is 23.3 Å². The van der Waals surface area contributed by atoms with E-state index in [0.29, 0.717) is 59.5 Å². The zero-order chi connectivity index (χ0) is 34.7. The molecule has 0 bridgehead atoms. The Morgan fingerprint density at radius 2 is 1.54 bits per heavy atom. The van der Waals surface area contributed by atoms with Crippen LogP contribution in [0.25, 0.3) is 6.08 Å². The molecule has 256 valence electrons. The van der Waals surface area contributed by atoms with Crippen LogP contribution in [0.4, 0.5) is 4.39 Å². The highest BCUT2D eigenvalue weighted by Crippen LogP contribution is 2.30. The van der Waals surface area contributed by atoms with Crippen molar-refractivity contribution in [1.29, 1.82) is 0 Å². The minimum atomic E-state index is -0.274. The second-order valence-electron chi connectivity index (χ2n) is 11.8. The number of pyridine rings is 1. The van der Waals surface area contributed by atoms with Crippen LogP contribution in [0, 0.1) is 5.82 Å². The van der Waals surface area contributed by atoms with Gasteiger partial charge in [0.25, 0.3) is 0 Å². The van der Waals surface area contributed by atoms with Crippen molar-refractivity contribution in [3.8, 4) is 23.1 Å². The number of amides is 1. The molecule has 0 aliphatic carbocycles. The third kappa shape index (κ3) is 10.1. The molecule has 10 heteroatoms. The Morgan fingerprint density at radius 1 is 0.800 bits per heavy atom. The summed E-state index contributed by atoms with van der Waals surface area (Å²) in [4.78, 5) is 21.5. The molecule has 4 aromatic carbocycles. The van der Waals surface area contributed by atoms with Gasteiger partial charge in [0.2, 0.25) is 11.8 Å². The minimum absolute atomic E-state index is 0.0330. The second-order valence-corrected chi connectivity index (χ2v) is 12.6. The molecule has 0 saturated carbocycles. The van der Waals surface area contributed by atoms with Crippen molar-refractivity contribution in [3.63, 3.8) is 0 Å². The highest BCUT2D eigenvalue weighted by Gasteiger charge is 2.20. The number of halogens is 3. The van der Waals surface area contributed by atoms with Crippen molar-refractivity contribution in [3.05, 3.63) is 154 Å². The van der Waals surface area contributed by atoms with Crippen molar-refractivity contribution in [2.24, 2.45) is 0 Å². The van der Waals surface area contributed by atoms with Gasteiger partial charge in [-0.3, -0.25) is 9.69 Å². The molecule has 0 spiro atoms. The van der Waals surface area contributed by atoms with Crippen LogP contribution < -0.4 is 14.2 Å². The quantitative estimate of drug-likeness (QED) is 0.114. The van der Waals surface area contributed by atoms with Gasteiger partial charge in [0.15, 0.2) is 0 Å². The first-order chi connectivity index (χ1) is 24.4. The van der Waals surface area contributed by atoms with Crippen LogP contribution in [0.1, 0.15) is 22.3 Å². The summed E-state index contributed by atoms with van der Waals surface area (Å²) in [7, 11) is 0. The Kier molecular flexibility index (Phi) is 12.0. The number of carbonyl (C=O) groups is 1. The van der Waals surface area contributed by atoms with Crippen molar-refractivity contribution in [1.82, 2.24) is 14.8 Å². The Balaban J connectivity index is 0.914. The van der Waals surface area contributed by atoms with E-state index in [4.69, 9.17) is 37.4 Å². The summed E-state index contributed by atoms with van der Waals surface area (Å²) < 4.78 is 30.4. The molecule has 1 amide bonds.